The fraction of sp³-hybridized carbons (Fsp3) is 0.647. The molecular weight excluding hydrogens is 337 g/mol. The van der Waals surface area contributed by atoms with Gasteiger partial charge in [0.15, 0.2) is 0 Å². The van der Waals surface area contributed by atoms with Crippen molar-refractivity contribution in [1.82, 2.24) is 4.72 Å². The summed E-state index contributed by atoms with van der Waals surface area (Å²) in [4.78, 5) is 0.0358. The minimum Gasteiger partial charge on any atom is -0.211 e. The molecule has 4 bridgehead atoms. The Morgan fingerprint density at radius 3 is 2.22 bits per heavy atom. The third kappa shape index (κ3) is 2.92. The van der Waals surface area contributed by atoms with Crippen LogP contribution < -0.4 is 4.72 Å². The first-order valence-corrected chi connectivity index (χ1v) is 10.2. The summed E-state index contributed by atoms with van der Waals surface area (Å²) in [6, 6.07) is 3.55. The monoisotopic (exact) mass is 357 g/mol. The van der Waals surface area contributed by atoms with Gasteiger partial charge in [-0.1, -0.05) is 11.6 Å². The summed E-state index contributed by atoms with van der Waals surface area (Å²) in [5, 5.41) is -0.164. The second-order valence-electron chi connectivity index (χ2n) is 7.82. The fourth-order valence-electron chi connectivity index (χ4n) is 5.48. The molecule has 1 N–H and O–H groups in total. The average Bonchev–Trinajstić information content (AvgIpc) is 2.47. The van der Waals surface area contributed by atoms with E-state index in [-0.39, 0.29) is 15.3 Å². The minimum absolute atomic E-state index is 0.0358. The molecule has 3 nitrogen and oxygen atoms in total. The molecule has 0 aromatic heterocycles. The minimum atomic E-state index is -3.64. The van der Waals surface area contributed by atoms with Crippen LogP contribution in [0.2, 0.25) is 5.02 Å². The highest BCUT2D eigenvalue weighted by molar-refractivity contribution is 7.89. The Hall–Kier alpha value is -0.650. The Labute approximate surface area is 141 Å². The lowest BCUT2D eigenvalue weighted by Crippen LogP contribution is -2.51. The van der Waals surface area contributed by atoms with Gasteiger partial charge < -0.3 is 0 Å². The summed E-state index contributed by atoms with van der Waals surface area (Å²) >= 11 is 5.71. The number of hydrogen-bond donors (Lipinski definition) is 1. The molecule has 4 saturated carbocycles. The maximum Gasteiger partial charge on any atom is 0.240 e. The summed E-state index contributed by atoms with van der Waals surface area (Å²) in [6.07, 6.45) is 7.43. The first kappa shape index (κ1) is 15.9. The van der Waals surface area contributed by atoms with E-state index in [0.29, 0.717) is 6.54 Å². The molecule has 1 aromatic carbocycles. The Bertz CT molecular complexity index is 699. The van der Waals surface area contributed by atoms with E-state index >= 15 is 0 Å². The van der Waals surface area contributed by atoms with Crippen molar-refractivity contribution in [1.29, 1.82) is 0 Å². The quantitative estimate of drug-likeness (QED) is 0.886. The molecule has 4 fully saturated rings. The van der Waals surface area contributed by atoms with E-state index in [2.05, 4.69) is 4.72 Å². The molecule has 5 rings (SSSR count). The second kappa shape index (κ2) is 5.43. The van der Waals surface area contributed by atoms with Crippen molar-refractivity contribution in [2.24, 2.45) is 23.2 Å². The Balaban J connectivity index is 1.51. The van der Waals surface area contributed by atoms with Gasteiger partial charge in [-0.3, -0.25) is 0 Å². The van der Waals surface area contributed by atoms with Gasteiger partial charge in [-0.05, 0) is 79.9 Å². The maximum absolute atomic E-state index is 13.2. The summed E-state index contributed by atoms with van der Waals surface area (Å²) < 4.78 is 41.0. The zero-order chi connectivity index (χ0) is 16.2. The summed E-state index contributed by atoms with van der Waals surface area (Å²) in [5.74, 6) is 1.75. The Kier molecular flexibility index (Phi) is 3.74. The van der Waals surface area contributed by atoms with Crippen LogP contribution in [0.15, 0.2) is 23.1 Å². The lowest BCUT2D eigenvalue weighted by atomic mass is 9.50. The van der Waals surface area contributed by atoms with Crippen LogP contribution in [-0.2, 0) is 10.0 Å². The molecule has 0 saturated heterocycles. The first-order chi connectivity index (χ1) is 10.9. The Morgan fingerprint density at radius 1 is 1.13 bits per heavy atom. The zero-order valence-electron chi connectivity index (χ0n) is 12.9. The highest BCUT2D eigenvalue weighted by Crippen LogP contribution is 2.59. The van der Waals surface area contributed by atoms with E-state index in [1.165, 1.54) is 31.4 Å². The average molecular weight is 358 g/mol. The molecule has 6 heteroatoms. The van der Waals surface area contributed by atoms with Crippen molar-refractivity contribution >= 4 is 21.6 Å². The molecule has 0 amide bonds. The van der Waals surface area contributed by atoms with Gasteiger partial charge >= 0.3 is 0 Å². The third-order valence-corrected chi connectivity index (χ3v) is 7.69. The topological polar surface area (TPSA) is 46.2 Å². The van der Waals surface area contributed by atoms with Gasteiger partial charge in [-0.15, -0.1) is 0 Å². The van der Waals surface area contributed by atoms with E-state index in [4.69, 9.17) is 11.6 Å². The van der Waals surface area contributed by atoms with Crippen molar-refractivity contribution in [3.05, 3.63) is 29.0 Å². The molecule has 0 radical (unpaired) electrons. The standard InChI is InChI=1S/C17H21ClFNO2S/c18-15-6-14(1-2-16(15)19)23(21,22)20-10-17-7-11-3-12(8-17)5-13(4-11)9-17/h1-2,6,11-13,20H,3-5,7-10H2. The Morgan fingerprint density at radius 2 is 1.70 bits per heavy atom. The SMILES string of the molecule is O=S(=O)(NCC12CC3CC(CC(C3)C1)C2)c1ccc(F)c(Cl)c1. The summed E-state index contributed by atoms with van der Waals surface area (Å²) in [6.45, 7) is 0.494. The third-order valence-electron chi connectivity index (χ3n) is 6.00. The van der Waals surface area contributed by atoms with Gasteiger partial charge in [0.2, 0.25) is 10.0 Å². The number of hydrogen-bond acceptors (Lipinski definition) is 2. The number of sulfonamides is 1. The van der Waals surface area contributed by atoms with E-state index < -0.39 is 15.8 Å². The summed E-state index contributed by atoms with van der Waals surface area (Å²) in [7, 11) is -3.64. The smallest absolute Gasteiger partial charge is 0.211 e. The van der Waals surface area contributed by atoms with E-state index in [0.717, 1.165) is 43.1 Å². The molecule has 4 aliphatic carbocycles. The van der Waals surface area contributed by atoms with Crippen molar-refractivity contribution < 1.29 is 12.8 Å². The first-order valence-electron chi connectivity index (χ1n) is 8.30. The van der Waals surface area contributed by atoms with Crippen LogP contribution >= 0.6 is 11.6 Å². The predicted octanol–water partition coefficient (Wildman–Crippen LogP) is 3.97. The van der Waals surface area contributed by atoms with E-state index in [1.807, 2.05) is 0 Å². The summed E-state index contributed by atoms with van der Waals surface area (Å²) in [5.41, 5.74) is 0.131. The molecule has 4 aliphatic rings. The molecule has 1 aromatic rings. The number of benzene rings is 1. The van der Waals surface area contributed by atoms with Crippen LogP contribution in [0.1, 0.15) is 38.5 Å². The van der Waals surface area contributed by atoms with Crippen molar-refractivity contribution in [3.63, 3.8) is 0 Å². The van der Waals surface area contributed by atoms with Crippen LogP contribution in [0.5, 0.6) is 0 Å². The second-order valence-corrected chi connectivity index (χ2v) is 9.99. The molecule has 0 spiro atoms. The predicted molar refractivity (Wildman–Crippen MR) is 87.2 cm³/mol. The molecule has 0 unspecified atom stereocenters. The fourth-order valence-corrected chi connectivity index (χ4v) is 6.91. The largest absolute Gasteiger partial charge is 0.240 e. The molecule has 126 valence electrons. The molecule has 0 aliphatic heterocycles. The molecular formula is C17H21ClFNO2S. The normalized spacial score (nSPS) is 35.7. The van der Waals surface area contributed by atoms with Gasteiger partial charge in [0.05, 0.1) is 9.92 Å². The lowest BCUT2D eigenvalue weighted by Gasteiger charge is -2.56. The lowest BCUT2D eigenvalue weighted by molar-refractivity contribution is -0.0487. The van der Waals surface area contributed by atoms with E-state index in [1.54, 1.807) is 0 Å². The van der Waals surface area contributed by atoms with Gasteiger partial charge in [0.25, 0.3) is 0 Å². The number of rotatable bonds is 4. The number of nitrogens with one attached hydrogen (secondary N) is 1. The highest BCUT2D eigenvalue weighted by atomic mass is 35.5. The van der Waals surface area contributed by atoms with Crippen LogP contribution in [0.4, 0.5) is 4.39 Å². The van der Waals surface area contributed by atoms with Crippen LogP contribution in [-0.4, -0.2) is 15.0 Å². The van der Waals surface area contributed by atoms with Gasteiger partial charge in [0.1, 0.15) is 5.82 Å². The maximum atomic E-state index is 13.2. The zero-order valence-corrected chi connectivity index (χ0v) is 14.5. The molecule has 0 heterocycles. The van der Waals surface area contributed by atoms with Crippen molar-refractivity contribution in [2.75, 3.05) is 6.54 Å². The highest BCUT2D eigenvalue weighted by Gasteiger charge is 2.50. The molecule has 0 atom stereocenters. The van der Waals surface area contributed by atoms with Crippen LogP contribution in [0, 0.1) is 29.0 Å². The van der Waals surface area contributed by atoms with Crippen molar-refractivity contribution in [3.8, 4) is 0 Å². The van der Waals surface area contributed by atoms with Crippen molar-refractivity contribution in [2.45, 2.75) is 43.4 Å². The van der Waals surface area contributed by atoms with Gasteiger partial charge in [0, 0.05) is 6.54 Å². The van der Waals surface area contributed by atoms with Gasteiger partial charge in [-0.25, -0.2) is 17.5 Å². The molecule has 23 heavy (non-hydrogen) atoms. The van der Waals surface area contributed by atoms with E-state index in [9.17, 15) is 12.8 Å². The number of halogens is 2. The van der Waals surface area contributed by atoms with Gasteiger partial charge in [-0.2, -0.15) is 0 Å². The van der Waals surface area contributed by atoms with Crippen LogP contribution in [0.3, 0.4) is 0 Å². The van der Waals surface area contributed by atoms with Crippen LogP contribution in [0.25, 0.3) is 0 Å².